The molecule has 4 nitrogen and oxygen atoms in total. The quantitative estimate of drug-likeness (QED) is 0.705. The Kier molecular flexibility index (Phi) is 2.48. The van der Waals surface area contributed by atoms with Crippen LogP contribution in [0.15, 0.2) is 35.9 Å². The minimum absolute atomic E-state index is 0.268. The van der Waals surface area contributed by atoms with E-state index in [0.29, 0.717) is 17.0 Å². The van der Waals surface area contributed by atoms with Crippen molar-refractivity contribution in [1.82, 2.24) is 0 Å². The lowest BCUT2D eigenvalue weighted by Crippen LogP contribution is -2.30. The Morgan fingerprint density at radius 1 is 1.12 bits per heavy atom. The predicted molar refractivity (Wildman–Crippen MR) is 59.2 cm³/mol. The highest BCUT2D eigenvalue weighted by molar-refractivity contribution is 6.30. The fraction of sp³-hybridized carbons (Fsp3) is 0.167. The predicted octanol–water partition coefficient (Wildman–Crippen LogP) is 1.51. The number of hydrogen-bond acceptors (Lipinski definition) is 3. The maximum absolute atomic E-state index is 11.7. The maximum Gasteiger partial charge on any atom is 0.261 e. The standard InChI is InChI=1S/C12H11NO3/c1-8-7-11(14)13(12(8)15)9-3-5-10(16-2)6-4-9/h3-7H,1-2H3. The van der Waals surface area contributed by atoms with Gasteiger partial charge in [-0.15, -0.1) is 0 Å². The van der Waals surface area contributed by atoms with E-state index < -0.39 is 0 Å². The molecule has 4 heteroatoms. The van der Waals surface area contributed by atoms with E-state index in [4.69, 9.17) is 4.74 Å². The van der Waals surface area contributed by atoms with Crippen molar-refractivity contribution in [1.29, 1.82) is 0 Å². The Morgan fingerprint density at radius 3 is 2.19 bits per heavy atom. The van der Waals surface area contributed by atoms with Gasteiger partial charge in [0.1, 0.15) is 5.75 Å². The molecular weight excluding hydrogens is 206 g/mol. The molecule has 0 fully saturated rings. The highest BCUT2D eigenvalue weighted by atomic mass is 16.5. The zero-order valence-electron chi connectivity index (χ0n) is 9.06. The summed E-state index contributed by atoms with van der Waals surface area (Å²) >= 11 is 0. The molecule has 0 unspecified atom stereocenters. The summed E-state index contributed by atoms with van der Waals surface area (Å²) in [4.78, 5) is 24.4. The van der Waals surface area contributed by atoms with Gasteiger partial charge in [0, 0.05) is 11.6 Å². The first-order valence-electron chi connectivity index (χ1n) is 4.84. The van der Waals surface area contributed by atoms with Crippen LogP contribution >= 0.6 is 0 Å². The Bertz CT molecular complexity index is 474. The maximum atomic E-state index is 11.7. The first-order chi connectivity index (χ1) is 7.63. The van der Waals surface area contributed by atoms with Crippen LogP contribution in [0.3, 0.4) is 0 Å². The first kappa shape index (κ1) is 10.4. The van der Waals surface area contributed by atoms with Gasteiger partial charge in [0.05, 0.1) is 12.8 Å². The average molecular weight is 217 g/mol. The van der Waals surface area contributed by atoms with E-state index in [9.17, 15) is 9.59 Å². The van der Waals surface area contributed by atoms with Gasteiger partial charge in [0.15, 0.2) is 0 Å². The molecule has 0 atom stereocenters. The molecule has 0 saturated heterocycles. The van der Waals surface area contributed by atoms with Crippen molar-refractivity contribution >= 4 is 17.5 Å². The van der Waals surface area contributed by atoms with Gasteiger partial charge in [-0.1, -0.05) is 0 Å². The summed E-state index contributed by atoms with van der Waals surface area (Å²) in [5.74, 6) is 0.121. The van der Waals surface area contributed by atoms with Crippen LogP contribution in [0.25, 0.3) is 0 Å². The third-order valence-electron chi connectivity index (χ3n) is 2.43. The van der Waals surface area contributed by atoms with Gasteiger partial charge in [0.2, 0.25) is 0 Å². The Labute approximate surface area is 93.1 Å². The van der Waals surface area contributed by atoms with Gasteiger partial charge in [-0.2, -0.15) is 0 Å². The number of carbonyl (C=O) groups is 2. The van der Waals surface area contributed by atoms with E-state index in [-0.39, 0.29) is 11.8 Å². The van der Waals surface area contributed by atoms with Gasteiger partial charge in [-0.25, -0.2) is 4.90 Å². The molecule has 1 aromatic rings. The summed E-state index contributed by atoms with van der Waals surface area (Å²) in [5.41, 5.74) is 1.02. The molecule has 1 aliphatic heterocycles. The lowest BCUT2D eigenvalue weighted by Gasteiger charge is -2.14. The number of ether oxygens (including phenoxy) is 1. The zero-order valence-corrected chi connectivity index (χ0v) is 9.06. The molecule has 0 saturated carbocycles. The smallest absolute Gasteiger partial charge is 0.261 e. The second-order valence-corrected chi connectivity index (χ2v) is 3.50. The molecule has 0 bridgehead atoms. The summed E-state index contributed by atoms with van der Waals surface area (Å²) in [6.45, 7) is 1.63. The SMILES string of the molecule is COc1ccc(N2C(=O)C=C(C)C2=O)cc1. The topological polar surface area (TPSA) is 46.6 Å². The fourth-order valence-electron chi connectivity index (χ4n) is 1.56. The molecule has 82 valence electrons. The monoisotopic (exact) mass is 217 g/mol. The summed E-state index contributed by atoms with van der Waals surface area (Å²) in [5, 5.41) is 0. The van der Waals surface area contributed by atoms with Crippen LogP contribution in [0.4, 0.5) is 5.69 Å². The number of amides is 2. The zero-order chi connectivity index (χ0) is 11.7. The van der Waals surface area contributed by atoms with Crippen LogP contribution in [-0.2, 0) is 9.59 Å². The molecule has 0 aromatic heterocycles. The Morgan fingerprint density at radius 2 is 1.75 bits per heavy atom. The molecule has 2 rings (SSSR count). The molecule has 1 aliphatic rings. The van der Waals surface area contributed by atoms with Crippen LogP contribution in [0.1, 0.15) is 6.92 Å². The molecule has 2 amide bonds. The molecule has 1 aromatic carbocycles. The van der Waals surface area contributed by atoms with Crippen LogP contribution in [0, 0.1) is 0 Å². The number of rotatable bonds is 2. The van der Waals surface area contributed by atoms with Gasteiger partial charge < -0.3 is 4.74 Å². The minimum atomic E-state index is -0.298. The van der Waals surface area contributed by atoms with E-state index in [0.717, 1.165) is 4.90 Å². The van der Waals surface area contributed by atoms with Crippen LogP contribution in [0.2, 0.25) is 0 Å². The van der Waals surface area contributed by atoms with E-state index in [1.165, 1.54) is 6.08 Å². The van der Waals surface area contributed by atoms with Crippen LogP contribution in [-0.4, -0.2) is 18.9 Å². The third kappa shape index (κ3) is 1.58. The number of carbonyl (C=O) groups excluding carboxylic acids is 2. The molecule has 16 heavy (non-hydrogen) atoms. The Balaban J connectivity index is 2.32. The largest absolute Gasteiger partial charge is 0.497 e. The molecule has 0 spiro atoms. The third-order valence-corrected chi connectivity index (χ3v) is 2.43. The van der Waals surface area contributed by atoms with E-state index in [2.05, 4.69) is 0 Å². The van der Waals surface area contributed by atoms with E-state index >= 15 is 0 Å². The number of methoxy groups -OCH3 is 1. The first-order valence-corrected chi connectivity index (χ1v) is 4.84. The second-order valence-electron chi connectivity index (χ2n) is 3.50. The Hall–Kier alpha value is -2.10. The van der Waals surface area contributed by atoms with Crippen molar-refractivity contribution < 1.29 is 14.3 Å². The normalized spacial score (nSPS) is 15.4. The minimum Gasteiger partial charge on any atom is -0.497 e. The number of imide groups is 1. The van der Waals surface area contributed by atoms with Gasteiger partial charge >= 0.3 is 0 Å². The van der Waals surface area contributed by atoms with Crippen LogP contribution in [0.5, 0.6) is 5.75 Å². The van der Waals surface area contributed by atoms with Crippen molar-refractivity contribution in [2.24, 2.45) is 0 Å². The van der Waals surface area contributed by atoms with Gasteiger partial charge in [-0.05, 0) is 31.2 Å². The number of nitrogens with zero attached hydrogens (tertiary/aromatic N) is 1. The molecule has 0 radical (unpaired) electrons. The van der Waals surface area contributed by atoms with Crippen molar-refractivity contribution in [3.63, 3.8) is 0 Å². The lowest BCUT2D eigenvalue weighted by molar-refractivity contribution is -0.120. The van der Waals surface area contributed by atoms with Crippen molar-refractivity contribution in [2.75, 3.05) is 12.0 Å². The lowest BCUT2D eigenvalue weighted by atomic mass is 10.2. The number of benzene rings is 1. The molecular formula is C12H11NO3. The summed E-state index contributed by atoms with van der Waals surface area (Å²) in [6, 6.07) is 6.79. The van der Waals surface area contributed by atoms with Gasteiger partial charge in [-0.3, -0.25) is 9.59 Å². The molecule has 1 heterocycles. The summed E-state index contributed by atoms with van der Waals surface area (Å²) in [7, 11) is 1.56. The highest BCUT2D eigenvalue weighted by Crippen LogP contribution is 2.24. The molecule has 0 aliphatic carbocycles. The van der Waals surface area contributed by atoms with Crippen molar-refractivity contribution in [3.05, 3.63) is 35.9 Å². The molecule has 0 N–H and O–H groups in total. The number of anilines is 1. The van der Waals surface area contributed by atoms with Crippen LogP contribution < -0.4 is 9.64 Å². The highest BCUT2D eigenvalue weighted by Gasteiger charge is 2.29. The van der Waals surface area contributed by atoms with Crippen molar-refractivity contribution in [3.8, 4) is 5.75 Å². The van der Waals surface area contributed by atoms with Gasteiger partial charge in [0.25, 0.3) is 11.8 Å². The summed E-state index contributed by atoms with van der Waals surface area (Å²) in [6.07, 6.45) is 1.34. The second kappa shape index (κ2) is 3.81. The van der Waals surface area contributed by atoms with E-state index in [1.807, 2.05) is 0 Å². The number of hydrogen-bond donors (Lipinski definition) is 0. The van der Waals surface area contributed by atoms with Crippen molar-refractivity contribution in [2.45, 2.75) is 6.92 Å². The fourth-order valence-corrected chi connectivity index (χ4v) is 1.56. The average Bonchev–Trinajstić information content (AvgIpc) is 2.54. The van der Waals surface area contributed by atoms with E-state index in [1.54, 1.807) is 38.3 Å². The summed E-state index contributed by atoms with van der Waals surface area (Å²) < 4.78 is 5.01.